The van der Waals surface area contributed by atoms with Gasteiger partial charge in [-0.2, -0.15) is 0 Å². The van der Waals surface area contributed by atoms with Gasteiger partial charge in [-0.1, -0.05) is 42.7 Å². The van der Waals surface area contributed by atoms with Crippen LogP contribution in [-0.4, -0.2) is 18.1 Å². The standard InChI is InChI=1S/C16H20N2S/c1-13-6-8-14(9-7-13)15-12-19-16(17-15)18-10-4-2-3-5-11-18/h6-9,12H,2-5,10-11H2,1H3. The van der Waals surface area contributed by atoms with Crippen molar-refractivity contribution in [2.24, 2.45) is 0 Å². The molecular formula is C16H20N2S. The summed E-state index contributed by atoms with van der Waals surface area (Å²) in [6.07, 6.45) is 5.35. The average molecular weight is 272 g/mol. The van der Waals surface area contributed by atoms with Gasteiger partial charge in [0.1, 0.15) is 0 Å². The molecule has 0 N–H and O–H groups in total. The van der Waals surface area contributed by atoms with Gasteiger partial charge in [-0.15, -0.1) is 11.3 Å². The molecule has 1 aromatic carbocycles. The number of benzene rings is 1. The van der Waals surface area contributed by atoms with Crippen LogP contribution in [0.15, 0.2) is 29.6 Å². The SMILES string of the molecule is Cc1ccc(-c2csc(N3CCCCCC3)n2)cc1. The maximum atomic E-state index is 4.82. The maximum absolute atomic E-state index is 4.82. The Morgan fingerprint density at radius 3 is 2.37 bits per heavy atom. The van der Waals surface area contributed by atoms with Gasteiger partial charge in [-0.3, -0.25) is 0 Å². The van der Waals surface area contributed by atoms with Crippen LogP contribution in [0.5, 0.6) is 0 Å². The fourth-order valence-electron chi connectivity index (χ4n) is 2.53. The van der Waals surface area contributed by atoms with Gasteiger partial charge in [0.05, 0.1) is 5.69 Å². The summed E-state index contributed by atoms with van der Waals surface area (Å²) in [5.41, 5.74) is 3.64. The fourth-order valence-corrected chi connectivity index (χ4v) is 3.42. The Labute approximate surface area is 119 Å². The van der Waals surface area contributed by atoms with Crippen molar-refractivity contribution in [3.63, 3.8) is 0 Å². The van der Waals surface area contributed by atoms with E-state index in [1.54, 1.807) is 11.3 Å². The third-order valence-corrected chi connectivity index (χ3v) is 4.62. The zero-order chi connectivity index (χ0) is 13.1. The summed E-state index contributed by atoms with van der Waals surface area (Å²) in [5.74, 6) is 0. The monoisotopic (exact) mass is 272 g/mol. The first-order valence-electron chi connectivity index (χ1n) is 7.10. The topological polar surface area (TPSA) is 16.1 Å². The number of hydrogen-bond donors (Lipinski definition) is 0. The van der Waals surface area contributed by atoms with Gasteiger partial charge in [0, 0.05) is 24.0 Å². The van der Waals surface area contributed by atoms with E-state index >= 15 is 0 Å². The van der Waals surface area contributed by atoms with Crippen LogP contribution < -0.4 is 4.90 Å². The zero-order valence-electron chi connectivity index (χ0n) is 11.4. The molecule has 3 heteroatoms. The highest BCUT2D eigenvalue weighted by Gasteiger charge is 2.13. The molecule has 0 aliphatic carbocycles. The van der Waals surface area contributed by atoms with Crippen LogP contribution in [0.1, 0.15) is 31.2 Å². The third kappa shape index (κ3) is 2.98. The Morgan fingerprint density at radius 1 is 1.00 bits per heavy atom. The van der Waals surface area contributed by atoms with E-state index in [1.807, 2.05) is 0 Å². The average Bonchev–Trinajstić information content (AvgIpc) is 2.76. The van der Waals surface area contributed by atoms with E-state index in [0.29, 0.717) is 0 Å². The first-order valence-corrected chi connectivity index (χ1v) is 7.98. The second kappa shape index (κ2) is 5.74. The van der Waals surface area contributed by atoms with Crippen molar-refractivity contribution in [2.75, 3.05) is 18.0 Å². The highest BCUT2D eigenvalue weighted by atomic mass is 32.1. The Bertz CT molecular complexity index is 522. The number of hydrogen-bond acceptors (Lipinski definition) is 3. The minimum atomic E-state index is 1.12. The number of aryl methyl sites for hydroxylation is 1. The van der Waals surface area contributed by atoms with Gasteiger partial charge in [-0.25, -0.2) is 4.98 Å². The van der Waals surface area contributed by atoms with Gasteiger partial charge in [0.25, 0.3) is 0 Å². The van der Waals surface area contributed by atoms with Gasteiger partial charge >= 0.3 is 0 Å². The molecule has 100 valence electrons. The van der Waals surface area contributed by atoms with E-state index in [2.05, 4.69) is 41.5 Å². The van der Waals surface area contributed by atoms with E-state index in [9.17, 15) is 0 Å². The number of thiazole rings is 1. The summed E-state index contributed by atoms with van der Waals surface area (Å²) in [4.78, 5) is 7.27. The molecule has 1 aliphatic heterocycles. The molecule has 0 bridgehead atoms. The first kappa shape index (κ1) is 12.7. The van der Waals surface area contributed by atoms with Crippen LogP contribution in [-0.2, 0) is 0 Å². The highest BCUT2D eigenvalue weighted by Crippen LogP contribution is 2.29. The van der Waals surface area contributed by atoms with Crippen LogP contribution in [0.3, 0.4) is 0 Å². The van der Waals surface area contributed by atoms with Crippen LogP contribution >= 0.6 is 11.3 Å². The Morgan fingerprint density at radius 2 is 1.68 bits per heavy atom. The molecule has 0 amide bonds. The van der Waals surface area contributed by atoms with Crippen molar-refractivity contribution in [3.05, 3.63) is 35.2 Å². The van der Waals surface area contributed by atoms with Gasteiger partial charge < -0.3 is 4.90 Å². The van der Waals surface area contributed by atoms with E-state index in [4.69, 9.17) is 4.98 Å². The quantitative estimate of drug-likeness (QED) is 0.800. The molecule has 3 rings (SSSR count). The Balaban J connectivity index is 1.80. The minimum Gasteiger partial charge on any atom is -0.348 e. The van der Waals surface area contributed by atoms with Gasteiger partial charge in [-0.05, 0) is 19.8 Å². The lowest BCUT2D eigenvalue weighted by Gasteiger charge is -2.18. The van der Waals surface area contributed by atoms with E-state index < -0.39 is 0 Å². The number of rotatable bonds is 2. The van der Waals surface area contributed by atoms with E-state index in [0.717, 1.165) is 5.69 Å². The second-order valence-electron chi connectivity index (χ2n) is 5.28. The van der Waals surface area contributed by atoms with Gasteiger partial charge in [0.15, 0.2) is 5.13 Å². The van der Waals surface area contributed by atoms with E-state index in [1.165, 1.54) is 55.0 Å². The molecule has 0 unspecified atom stereocenters. The molecule has 19 heavy (non-hydrogen) atoms. The molecule has 0 atom stereocenters. The first-order chi connectivity index (χ1) is 9.33. The Hall–Kier alpha value is -1.35. The van der Waals surface area contributed by atoms with E-state index in [-0.39, 0.29) is 0 Å². The molecule has 1 saturated heterocycles. The lowest BCUT2D eigenvalue weighted by Crippen LogP contribution is -2.23. The summed E-state index contributed by atoms with van der Waals surface area (Å²) in [7, 11) is 0. The summed E-state index contributed by atoms with van der Waals surface area (Å²) >= 11 is 1.78. The zero-order valence-corrected chi connectivity index (χ0v) is 12.2. The molecule has 2 heterocycles. The molecule has 2 aromatic rings. The van der Waals surface area contributed by atoms with Crippen LogP contribution in [0.25, 0.3) is 11.3 Å². The molecule has 0 saturated carbocycles. The third-order valence-electron chi connectivity index (χ3n) is 3.72. The van der Waals surface area contributed by atoms with Crippen molar-refractivity contribution in [1.29, 1.82) is 0 Å². The van der Waals surface area contributed by atoms with Crippen LogP contribution in [0, 0.1) is 6.92 Å². The predicted molar refractivity (Wildman–Crippen MR) is 83.0 cm³/mol. The van der Waals surface area contributed by atoms with Crippen LogP contribution in [0.2, 0.25) is 0 Å². The van der Waals surface area contributed by atoms with Crippen molar-refractivity contribution < 1.29 is 0 Å². The van der Waals surface area contributed by atoms with Crippen molar-refractivity contribution in [1.82, 2.24) is 4.98 Å². The summed E-state index contributed by atoms with van der Waals surface area (Å²) in [5, 5.41) is 3.38. The van der Waals surface area contributed by atoms with Crippen molar-refractivity contribution in [2.45, 2.75) is 32.6 Å². The van der Waals surface area contributed by atoms with Crippen LogP contribution in [0.4, 0.5) is 5.13 Å². The number of nitrogens with zero attached hydrogens (tertiary/aromatic N) is 2. The summed E-state index contributed by atoms with van der Waals surface area (Å²) in [6.45, 7) is 4.45. The molecule has 1 aromatic heterocycles. The predicted octanol–water partition coefficient (Wildman–Crippen LogP) is 4.50. The molecular weight excluding hydrogens is 252 g/mol. The van der Waals surface area contributed by atoms with Crippen molar-refractivity contribution >= 4 is 16.5 Å². The normalized spacial score (nSPS) is 16.4. The number of aromatic nitrogens is 1. The number of anilines is 1. The molecule has 0 spiro atoms. The lowest BCUT2D eigenvalue weighted by atomic mass is 10.1. The second-order valence-corrected chi connectivity index (χ2v) is 6.12. The molecule has 2 nitrogen and oxygen atoms in total. The summed E-state index contributed by atoms with van der Waals surface area (Å²) < 4.78 is 0. The van der Waals surface area contributed by atoms with Crippen molar-refractivity contribution in [3.8, 4) is 11.3 Å². The largest absolute Gasteiger partial charge is 0.348 e. The lowest BCUT2D eigenvalue weighted by molar-refractivity contribution is 0.726. The maximum Gasteiger partial charge on any atom is 0.185 e. The smallest absolute Gasteiger partial charge is 0.185 e. The minimum absolute atomic E-state index is 1.12. The fraction of sp³-hybridized carbons (Fsp3) is 0.438. The molecule has 1 aliphatic rings. The molecule has 0 radical (unpaired) electrons. The Kier molecular flexibility index (Phi) is 3.83. The highest BCUT2D eigenvalue weighted by molar-refractivity contribution is 7.14. The van der Waals surface area contributed by atoms with Gasteiger partial charge in [0.2, 0.25) is 0 Å². The molecule has 1 fully saturated rings. The summed E-state index contributed by atoms with van der Waals surface area (Å²) in [6, 6.07) is 8.63.